The van der Waals surface area contributed by atoms with Gasteiger partial charge in [0.1, 0.15) is 18.2 Å². The van der Waals surface area contributed by atoms with Crippen LogP contribution in [0.5, 0.6) is 0 Å². The van der Waals surface area contributed by atoms with Crippen molar-refractivity contribution in [2.75, 3.05) is 13.2 Å². The van der Waals surface area contributed by atoms with E-state index < -0.39 is 31.7 Å². The first-order valence-electron chi connectivity index (χ1n) is 10.9. The van der Waals surface area contributed by atoms with Gasteiger partial charge >= 0.3 is 0 Å². The molecule has 0 spiro atoms. The van der Waals surface area contributed by atoms with Crippen molar-refractivity contribution in [3.8, 4) is 0 Å². The maximum absolute atomic E-state index is 14.7. The van der Waals surface area contributed by atoms with E-state index >= 15 is 0 Å². The van der Waals surface area contributed by atoms with Crippen LogP contribution in [0.25, 0.3) is 0 Å². The fourth-order valence-corrected chi connectivity index (χ4v) is 5.71. The number of rotatable bonds is 8. The van der Waals surface area contributed by atoms with Gasteiger partial charge < -0.3 is 10.1 Å². The van der Waals surface area contributed by atoms with Crippen molar-refractivity contribution >= 4 is 25.0 Å². The summed E-state index contributed by atoms with van der Waals surface area (Å²) in [7, 11) is -2.24. The number of hydrogen-bond acceptors (Lipinski definition) is 5. The molecule has 1 aliphatic rings. The van der Waals surface area contributed by atoms with E-state index in [1.807, 2.05) is 19.6 Å². The molecule has 1 unspecified atom stereocenters. The molecule has 7 nitrogen and oxygen atoms in total. The highest BCUT2D eigenvalue weighted by Gasteiger charge is 2.32. The van der Waals surface area contributed by atoms with Gasteiger partial charge in [0, 0.05) is 37.1 Å². The zero-order valence-electron chi connectivity index (χ0n) is 19.1. The first-order valence-corrected chi connectivity index (χ1v) is 14.4. The van der Waals surface area contributed by atoms with Crippen LogP contribution < -0.4 is 16.1 Å². The summed E-state index contributed by atoms with van der Waals surface area (Å²) in [5.74, 6) is -2.30. The van der Waals surface area contributed by atoms with E-state index in [-0.39, 0.29) is 41.0 Å². The third-order valence-electron chi connectivity index (χ3n) is 5.74. The van der Waals surface area contributed by atoms with Gasteiger partial charge in [-0.05, 0) is 36.5 Å². The molecule has 0 bridgehead atoms. The second-order valence-electron chi connectivity index (χ2n) is 9.37. The number of halogens is 2. The molecule has 178 valence electrons. The number of carbonyl (C=O) groups is 2. The Morgan fingerprint density at radius 3 is 2.42 bits per heavy atom. The topological polar surface area (TPSA) is 90.3 Å². The summed E-state index contributed by atoms with van der Waals surface area (Å²) in [5.41, 5.74) is -0.158. The van der Waals surface area contributed by atoms with Gasteiger partial charge in [-0.25, -0.2) is 13.8 Å². The highest BCUT2D eigenvalue weighted by Crippen LogP contribution is 2.21. The molecule has 10 heteroatoms. The molecule has 33 heavy (non-hydrogen) atoms. The Morgan fingerprint density at radius 2 is 1.85 bits per heavy atom. The Kier molecular flexibility index (Phi) is 7.91. The molecule has 1 aromatic carbocycles. The molecular weight excluding hydrogens is 448 g/mol. The summed E-state index contributed by atoms with van der Waals surface area (Å²) in [6.07, 6.45) is 3.51. The maximum Gasteiger partial charge on any atom is 0.253 e. The van der Waals surface area contributed by atoms with Crippen LogP contribution in [0.15, 0.2) is 35.5 Å². The molecule has 1 fully saturated rings. The number of aromatic nitrogens is 2. The smallest absolute Gasteiger partial charge is 0.253 e. The van der Waals surface area contributed by atoms with Gasteiger partial charge in [-0.1, -0.05) is 19.6 Å². The largest absolute Gasteiger partial charge is 0.381 e. The molecule has 1 N–H and O–H groups in total. The van der Waals surface area contributed by atoms with Crippen molar-refractivity contribution in [2.45, 2.75) is 51.5 Å². The lowest BCUT2D eigenvalue weighted by Gasteiger charge is -2.30. The van der Waals surface area contributed by atoms with Crippen molar-refractivity contribution < 1.29 is 23.1 Å². The number of Topliss-reactive ketones (excluding diaryl/α,β-unsaturated/α-hetero) is 1. The molecule has 1 atom stereocenters. The van der Waals surface area contributed by atoms with Gasteiger partial charge in [-0.3, -0.25) is 19.0 Å². The molecule has 2 aromatic rings. The van der Waals surface area contributed by atoms with Gasteiger partial charge in [0.05, 0.1) is 20.4 Å². The van der Waals surface area contributed by atoms with E-state index in [2.05, 4.69) is 10.3 Å². The lowest BCUT2D eigenvalue weighted by atomic mass is 9.87. The van der Waals surface area contributed by atoms with E-state index in [0.717, 1.165) is 4.57 Å². The van der Waals surface area contributed by atoms with E-state index in [4.69, 9.17) is 4.74 Å². The summed E-state index contributed by atoms with van der Waals surface area (Å²) in [6.45, 7) is 6.19. The minimum absolute atomic E-state index is 0.106. The average Bonchev–Trinajstić information content (AvgIpc) is 2.72. The van der Waals surface area contributed by atoms with Gasteiger partial charge in [0.25, 0.3) is 5.56 Å². The first kappa shape index (κ1) is 24.9. The molecule has 2 heterocycles. The standard InChI is InChI=1S/C23H29F2N3O4Si/c1-33(2,3)23-17(24)10-15(11-18(23)25)12-19(29)22(16-5-8-32-9-6-16)27-20(30)13-28-14-26-7-4-21(28)31/h4,7,10-11,14,16,22H,5-6,8-9,12-13H2,1-3H3,(H,27,30). The first-order chi connectivity index (χ1) is 15.6. The van der Waals surface area contributed by atoms with Gasteiger partial charge in [0.15, 0.2) is 5.78 Å². The quantitative estimate of drug-likeness (QED) is 0.586. The number of ether oxygens (including phenoxy) is 1. The van der Waals surface area contributed by atoms with Crippen molar-refractivity contribution in [1.82, 2.24) is 14.9 Å². The van der Waals surface area contributed by atoms with Gasteiger partial charge in [0.2, 0.25) is 5.91 Å². The molecule has 1 saturated heterocycles. The number of carbonyl (C=O) groups excluding carboxylic acids is 2. The number of nitrogens with zero attached hydrogens (tertiary/aromatic N) is 2. The fraction of sp³-hybridized carbons (Fsp3) is 0.478. The Morgan fingerprint density at radius 1 is 1.21 bits per heavy atom. The lowest BCUT2D eigenvalue weighted by Crippen LogP contribution is -2.49. The third-order valence-corrected chi connectivity index (χ3v) is 7.71. The number of nitrogens with one attached hydrogen (secondary N) is 1. The average molecular weight is 478 g/mol. The van der Waals surface area contributed by atoms with E-state index in [1.165, 1.54) is 30.7 Å². The van der Waals surface area contributed by atoms with Crippen LogP contribution in [0, 0.1) is 17.6 Å². The molecule has 1 aromatic heterocycles. The summed E-state index contributed by atoms with van der Waals surface area (Å²) in [5, 5.41) is 2.84. The lowest BCUT2D eigenvalue weighted by molar-refractivity contribution is -0.130. The number of hydrogen-bond donors (Lipinski definition) is 1. The van der Waals surface area contributed by atoms with Crippen LogP contribution in [-0.2, 0) is 27.3 Å². The maximum atomic E-state index is 14.7. The zero-order chi connectivity index (χ0) is 24.2. The summed E-state index contributed by atoms with van der Waals surface area (Å²) in [4.78, 5) is 41.5. The van der Waals surface area contributed by atoms with E-state index in [0.29, 0.717) is 26.1 Å². The third kappa shape index (κ3) is 6.41. The minimum atomic E-state index is -2.24. The Bertz CT molecular complexity index is 1050. The Balaban J connectivity index is 1.79. The second kappa shape index (κ2) is 10.5. The van der Waals surface area contributed by atoms with Crippen molar-refractivity contribution in [1.29, 1.82) is 0 Å². The molecular formula is C23H29F2N3O4Si. The highest BCUT2D eigenvalue weighted by atomic mass is 28.3. The molecule has 3 rings (SSSR count). The van der Waals surface area contributed by atoms with E-state index in [9.17, 15) is 23.2 Å². The highest BCUT2D eigenvalue weighted by molar-refractivity contribution is 6.88. The van der Waals surface area contributed by atoms with Crippen LogP contribution in [0.4, 0.5) is 8.78 Å². The van der Waals surface area contributed by atoms with Crippen LogP contribution in [0.3, 0.4) is 0 Å². The molecule has 0 radical (unpaired) electrons. The monoisotopic (exact) mass is 477 g/mol. The molecule has 1 aliphatic heterocycles. The molecule has 0 aliphatic carbocycles. The normalized spacial score (nSPS) is 15.8. The minimum Gasteiger partial charge on any atom is -0.381 e. The second-order valence-corrected chi connectivity index (χ2v) is 14.4. The predicted octanol–water partition coefficient (Wildman–Crippen LogP) is 1.79. The summed E-state index contributed by atoms with van der Waals surface area (Å²) in [6, 6.07) is 2.82. The van der Waals surface area contributed by atoms with Crippen molar-refractivity contribution in [3.63, 3.8) is 0 Å². The number of amides is 1. The Labute approximate surface area is 192 Å². The van der Waals surface area contributed by atoms with Gasteiger partial charge in [-0.15, -0.1) is 0 Å². The van der Waals surface area contributed by atoms with Crippen LogP contribution in [0.1, 0.15) is 18.4 Å². The summed E-state index contributed by atoms with van der Waals surface area (Å²) < 4.78 is 35.8. The van der Waals surface area contributed by atoms with Crippen LogP contribution >= 0.6 is 0 Å². The van der Waals surface area contributed by atoms with E-state index in [1.54, 1.807) is 0 Å². The fourth-order valence-electron chi connectivity index (χ4n) is 4.14. The van der Waals surface area contributed by atoms with Gasteiger partial charge in [-0.2, -0.15) is 0 Å². The Hall–Kier alpha value is -2.72. The number of benzene rings is 1. The van der Waals surface area contributed by atoms with Crippen LogP contribution in [-0.4, -0.2) is 48.6 Å². The molecule has 1 amide bonds. The zero-order valence-corrected chi connectivity index (χ0v) is 20.1. The van der Waals surface area contributed by atoms with Crippen molar-refractivity contribution in [2.24, 2.45) is 5.92 Å². The van der Waals surface area contributed by atoms with Crippen LogP contribution in [0.2, 0.25) is 19.6 Å². The SMILES string of the molecule is C[Si](C)(C)c1c(F)cc(CC(=O)C(NC(=O)Cn2cnccc2=O)C2CCOCC2)cc1F. The molecule has 0 saturated carbocycles. The van der Waals surface area contributed by atoms with Crippen molar-refractivity contribution in [3.05, 3.63) is 58.3 Å². The number of ketones is 1. The summed E-state index contributed by atoms with van der Waals surface area (Å²) >= 11 is 0. The predicted molar refractivity (Wildman–Crippen MR) is 122 cm³/mol.